The third-order valence-electron chi connectivity index (χ3n) is 2.32. The number of thiazole rings is 1. The zero-order valence-electron chi connectivity index (χ0n) is 8.83. The standard InChI is InChI=1S/C12H9N3S.ClH/c13-9-3-4-10-11(6-9)16-12(15-10)8-2-1-5-14-7-8;/h1-7H,13H2;1H. The third kappa shape index (κ3) is 2.23. The zero-order valence-corrected chi connectivity index (χ0v) is 10.5. The van der Waals surface area contributed by atoms with Crippen molar-refractivity contribution < 1.29 is 0 Å². The molecule has 3 rings (SSSR count). The van der Waals surface area contributed by atoms with Crippen LogP contribution < -0.4 is 5.73 Å². The van der Waals surface area contributed by atoms with Crippen LogP contribution in [0.15, 0.2) is 42.7 Å². The Kier molecular flexibility index (Phi) is 3.26. The Hall–Kier alpha value is -1.65. The summed E-state index contributed by atoms with van der Waals surface area (Å²) in [4.78, 5) is 8.64. The lowest BCUT2D eigenvalue weighted by Gasteiger charge is -1.91. The van der Waals surface area contributed by atoms with Gasteiger partial charge >= 0.3 is 0 Å². The summed E-state index contributed by atoms with van der Waals surface area (Å²) in [6, 6.07) is 9.69. The van der Waals surface area contributed by atoms with Gasteiger partial charge in [0.05, 0.1) is 10.2 Å². The molecule has 0 aliphatic rings. The highest BCUT2D eigenvalue weighted by molar-refractivity contribution is 7.21. The lowest BCUT2D eigenvalue weighted by molar-refractivity contribution is 1.32. The normalized spacial score (nSPS) is 10.1. The Morgan fingerprint density at radius 3 is 2.82 bits per heavy atom. The van der Waals surface area contributed by atoms with Gasteiger partial charge in [0, 0.05) is 23.6 Å². The second kappa shape index (κ2) is 4.69. The van der Waals surface area contributed by atoms with Gasteiger partial charge in [-0.25, -0.2) is 4.98 Å². The van der Waals surface area contributed by atoms with Crippen molar-refractivity contribution in [2.45, 2.75) is 0 Å². The smallest absolute Gasteiger partial charge is 0.126 e. The molecule has 5 heteroatoms. The summed E-state index contributed by atoms with van der Waals surface area (Å²) in [6.45, 7) is 0. The van der Waals surface area contributed by atoms with Crippen LogP contribution in [0.1, 0.15) is 0 Å². The molecule has 2 N–H and O–H groups in total. The largest absolute Gasteiger partial charge is 0.399 e. The maximum Gasteiger partial charge on any atom is 0.126 e. The number of nitrogens with zero attached hydrogens (tertiary/aromatic N) is 2. The van der Waals surface area contributed by atoms with Gasteiger partial charge in [-0.05, 0) is 30.3 Å². The minimum absolute atomic E-state index is 0. The maximum atomic E-state index is 5.74. The van der Waals surface area contributed by atoms with Crippen LogP contribution in [0, 0.1) is 0 Å². The number of rotatable bonds is 1. The Morgan fingerprint density at radius 1 is 1.18 bits per heavy atom. The summed E-state index contributed by atoms with van der Waals surface area (Å²) >= 11 is 1.63. The van der Waals surface area contributed by atoms with E-state index in [1.807, 2.05) is 36.5 Å². The summed E-state index contributed by atoms with van der Waals surface area (Å²) in [7, 11) is 0. The SMILES string of the molecule is Cl.Nc1ccc2nc(-c3cccnc3)sc2c1. The molecular weight excluding hydrogens is 254 g/mol. The molecule has 0 spiro atoms. The zero-order chi connectivity index (χ0) is 11.0. The molecule has 0 saturated carbocycles. The predicted molar refractivity (Wildman–Crippen MR) is 74.5 cm³/mol. The lowest BCUT2D eigenvalue weighted by Crippen LogP contribution is -1.81. The number of halogens is 1. The van der Waals surface area contributed by atoms with Crippen LogP contribution in [0.2, 0.25) is 0 Å². The summed E-state index contributed by atoms with van der Waals surface area (Å²) in [5, 5.41) is 0.980. The van der Waals surface area contributed by atoms with Crippen LogP contribution in [-0.2, 0) is 0 Å². The number of anilines is 1. The maximum absolute atomic E-state index is 5.74. The second-order valence-electron chi connectivity index (χ2n) is 3.49. The third-order valence-corrected chi connectivity index (χ3v) is 3.39. The molecule has 17 heavy (non-hydrogen) atoms. The van der Waals surface area contributed by atoms with Crippen LogP contribution in [0.5, 0.6) is 0 Å². The molecule has 0 atom stereocenters. The molecular formula is C12H10ClN3S. The number of benzene rings is 1. The fraction of sp³-hybridized carbons (Fsp3) is 0. The van der Waals surface area contributed by atoms with Crippen molar-refractivity contribution in [2.75, 3.05) is 5.73 Å². The van der Waals surface area contributed by atoms with Crippen LogP contribution in [-0.4, -0.2) is 9.97 Å². The highest BCUT2D eigenvalue weighted by atomic mass is 35.5. The van der Waals surface area contributed by atoms with E-state index in [0.717, 1.165) is 26.5 Å². The van der Waals surface area contributed by atoms with Gasteiger partial charge in [0.2, 0.25) is 0 Å². The van der Waals surface area contributed by atoms with E-state index in [9.17, 15) is 0 Å². The van der Waals surface area contributed by atoms with Crippen LogP contribution in [0.25, 0.3) is 20.8 Å². The quantitative estimate of drug-likeness (QED) is 0.685. The highest BCUT2D eigenvalue weighted by Crippen LogP contribution is 2.30. The molecule has 2 heterocycles. The molecule has 3 aromatic rings. The predicted octanol–water partition coefficient (Wildman–Crippen LogP) is 3.36. The van der Waals surface area contributed by atoms with Gasteiger partial charge in [0.25, 0.3) is 0 Å². The summed E-state index contributed by atoms with van der Waals surface area (Å²) in [5.74, 6) is 0. The first-order chi connectivity index (χ1) is 7.83. The molecule has 0 bridgehead atoms. The molecule has 1 aromatic carbocycles. The van der Waals surface area contributed by atoms with Gasteiger partial charge in [0.15, 0.2) is 0 Å². The first-order valence-electron chi connectivity index (χ1n) is 4.89. The van der Waals surface area contributed by atoms with Crippen LogP contribution in [0.4, 0.5) is 5.69 Å². The number of nitrogens with two attached hydrogens (primary N) is 1. The van der Waals surface area contributed by atoms with Crippen molar-refractivity contribution in [3.63, 3.8) is 0 Å². The molecule has 0 unspecified atom stereocenters. The number of hydrogen-bond donors (Lipinski definition) is 1. The van der Waals surface area contributed by atoms with Gasteiger partial charge in [-0.15, -0.1) is 23.7 Å². The molecule has 0 fully saturated rings. The molecule has 0 aliphatic carbocycles. The summed E-state index contributed by atoms with van der Waals surface area (Å²) in [5.41, 5.74) is 8.54. The fourth-order valence-electron chi connectivity index (χ4n) is 1.55. The number of pyridine rings is 1. The first kappa shape index (κ1) is 11.8. The van der Waals surface area contributed by atoms with Gasteiger partial charge < -0.3 is 5.73 Å². The number of nitrogen functional groups attached to an aromatic ring is 1. The number of fused-ring (bicyclic) bond motifs is 1. The minimum atomic E-state index is 0. The Balaban J connectivity index is 0.00000108. The molecule has 2 aromatic heterocycles. The molecule has 0 amide bonds. The minimum Gasteiger partial charge on any atom is -0.399 e. The van der Waals surface area contributed by atoms with Gasteiger partial charge in [0.1, 0.15) is 5.01 Å². The van der Waals surface area contributed by atoms with E-state index >= 15 is 0 Å². The van der Waals surface area contributed by atoms with Crippen molar-refractivity contribution in [3.8, 4) is 10.6 Å². The monoisotopic (exact) mass is 263 g/mol. The average Bonchev–Trinajstić information content (AvgIpc) is 2.73. The highest BCUT2D eigenvalue weighted by Gasteiger charge is 2.05. The van der Waals surface area contributed by atoms with E-state index in [4.69, 9.17) is 5.73 Å². The van der Waals surface area contributed by atoms with Crippen LogP contribution in [0.3, 0.4) is 0 Å². The van der Waals surface area contributed by atoms with Crippen molar-refractivity contribution >= 4 is 39.6 Å². The number of hydrogen-bond acceptors (Lipinski definition) is 4. The van der Waals surface area contributed by atoms with E-state index in [0.29, 0.717) is 0 Å². The van der Waals surface area contributed by atoms with E-state index in [2.05, 4.69) is 9.97 Å². The van der Waals surface area contributed by atoms with E-state index < -0.39 is 0 Å². The fourth-order valence-corrected chi connectivity index (χ4v) is 2.56. The summed E-state index contributed by atoms with van der Waals surface area (Å²) < 4.78 is 1.11. The van der Waals surface area contributed by atoms with Crippen molar-refractivity contribution in [1.82, 2.24) is 9.97 Å². The summed E-state index contributed by atoms with van der Waals surface area (Å²) in [6.07, 6.45) is 3.58. The molecule has 3 nitrogen and oxygen atoms in total. The number of aromatic nitrogens is 2. The Morgan fingerprint density at radius 2 is 2.06 bits per heavy atom. The molecule has 0 radical (unpaired) electrons. The average molecular weight is 264 g/mol. The van der Waals surface area contributed by atoms with Crippen molar-refractivity contribution in [3.05, 3.63) is 42.7 Å². The van der Waals surface area contributed by atoms with Gasteiger partial charge in [-0.3, -0.25) is 4.98 Å². The lowest BCUT2D eigenvalue weighted by atomic mass is 10.3. The Bertz CT molecular complexity index is 637. The van der Waals surface area contributed by atoms with E-state index in [-0.39, 0.29) is 12.4 Å². The molecule has 0 saturated heterocycles. The van der Waals surface area contributed by atoms with Crippen molar-refractivity contribution in [2.24, 2.45) is 0 Å². The van der Waals surface area contributed by atoms with Gasteiger partial charge in [-0.1, -0.05) is 0 Å². The molecule has 0 aliphatic heterocycles. The molecule has 86 valence electrons. The topological polar surface area (TPSA) is 51.8 Å². The van der Waals surface area contributed by atoms with E-state index in [1.165, 1.54) is 0 Å². The van der Waals surface area contributed by atoms with E-state index in [1.54, 1.807) is 17.5 Å². The second-order valence-corrected chi connectivity index (χ2v) is 4.52. The first-order valence-corrected chi connectivity index (χ1v) is 5.71. The van der Waals surface area contributed by atoms with Gasteiger partial charge in [-0.2, -0.15) is 0 Å². The van der Waals surface area contributed by atoms with Crippen molar-refractivity contribution in [1.29, 1.82) is 0 Å². The van der Waals surface area contributed by atoms with Crippen LogP contribution >= 0.6 is 23.7 Å². The Labute approximate surface area is 109 Å².